The number of aromatic nitrogens is 2. The fraction of sp³-hybridized carbons (Fsp3) is 0.625. The van der Waals surface area contributed by atoms with Crippen LogP contribution < -0.4 is 5.56 Å². The Balaban J connectivity index is 1.32. The maximum atomic E-state index is 12.9. The molecule has 31 heavy (non-hydrogen) atoms. The van der Waals surface area contributed by atoms with E-state index in [4.69, 9.17) is 4.98 Å². The highest BCUT2D eigenvalue weighted by molar-refractivity contribution is 7.08. The summed E-state index contributed by atoms with van der Waals surface area (Å²) in [6, 6.07) is 1.89. The molecule has 1 saturated heterocycles. The van der Waals surface area contributed by atoms with Crippen LogP contribution in [0.4, 0.5) is 0 Å². The number of fused-ring (bicyclic) bond motifs is 1. The van der Waals surface area contributed by atoms with Crippen molar-refractivity contribution in [3.63, 3.8) is 0 Å². The van der Waals surface area contributed by atoms with E-state index in [1.165, 1.54) is 32.1 Å². The van der Waals surface area contributed by atoms with Gasteiger partial charge in [-0.1, -0.05) is 19.3 Å². The van der Waals surface area contributed by atoms with Gasteiger partial charge in [-0.3, -0.25) is 14.5 Å². The summed E-state index contributed by atoms with van der Waals surface area (Å²) in [4.78, 5) is 38.2. The maximum absolute atomic E-state index is 12.9. The average molecular weight is 441 g/mol. The predicted octanol–water partition coefficient (Wildman–Crippen LogP) is 3.68. The van der Waals surface area contributed by atoms with Crippen LogP contribution in [0.3, 0.4) is 0 Å². The number of hydrogen-bond donors (Lipinski definition) is 1. The third-order valence-electron chi connectivity index (χ3n) is 7.24. The van der Waals surface area contributed by atoms with Crippen molar-refractivity contribution in [2.75, 3.05) is 19.6 Å². The Morgan fingerprint density at radius 1 is 1.16 bits per heavy atom. The number of nitrogens with one attached hydrogen (secondary N) is 1. The van der Waals surface area contributed by atoms with Crippen LogP contribution >= 0.6 is 11.3 Å². The molecule has 1 amide bonds. The number of amides is 1. The molecule has 2 aromatic heterocycles. The summed E-state index contributed by atoms with van der Waals surface area (Å²) in [5.41, 5.74) is 2.83. The number of carbonyl (C=O) groups is 1. The minimum Gasteiger partial charge on any atom is -0.332 e. The van der Waals surface area contributed by atoms with E-state index in [2.05, 4.69) is 9.88 Å². The highest BCUT2D eigenvalue weighted by Gasteiger charge is 2.33. The number of H-pyrrole nitrogens is 1. The molecule has 2 aromatic rings. The van der Waals surface area contributed by atoms with Crippen molar-refractivity contribution in [3.8, 4) is 0 Å². The van der Waals surface area contributed by atoms with Gasteiger partial charge in [0, 0.05) is 31.7 Å². The number of likely N-dealkylation sites (tertiary alicyclic amines) is 1. The zero-order chi connectivity index (χ0) is 21.2. The quantitative estimate of drug-likeness (QED) is 0.770. The lowest BCUT2D eigenvalue weighted by Crippen LogP contribution is -2.39. The molecule has 166 valence electrons. The third-order valence-corrected chi connectivity index (χ3v) is 7.97. The third kappa shape index (κ3) is 4.62. The van der Waals surface area contributed by atoms with Crippen molar-refractivity contribution in [2.24, 2.45) is 5.92 Å². The Morgan fingerprint density at radius 2 is 2.03 bits per heavy atom. The van der Waals surface area contributed by atoms with Gasteiger partial charge in [0.05, 0.1) is 18.2 Å². The van der Waals surface area contributed by atoms with Crippen LogP contribution in [0.15, 0.2) is 21.6 Å². The number of carbonyl (C=O) groups excluding carboxylic acids is 1. The minimum atomic E-state index is -0.113. The van der Waals surface area contributed by atoms with Crippen molar-refractivity contribution in [1.82, 2.24) is 19.8 Å². The number of hydrogen-bond acceptors (Lipinski definition) is 5. The first-order valence-electron chi connectivity index (χ1n) is 11.8. The van der Waals surface area contributed by atoms with Crippen molar-refractivity contribution in [2.45, 2.75) is 70.4 Å². The molecular weight excluding hydrogens is 408 g/mol. The van der Waals surface area contributed by atoms with Gasteiger partial charge in [-0.05, 0) is 60.4 Å². The molecule has 4 heterocycles. The van der Waals surface area contributed by atoms with Crippen molar-refractivity contribution in [1.29, 1.82) is 0 Å². The van der Waals surface area contributed by atoms with E-state index in [0.717, 1.165) is 68.2 Å². The second-order valence-electron chi connectivity index (χ2n) is 9.42. The summed E-state index contributed by atoms with van der Waals surface area (Å²) in [5, 5.41) is 4.04. The van der Waals surface area contributed by atoms with E-state index >= 15 is 0 Å². The monoisotopic (exact) mass is 440 g/mol. The molecule has 7 heteroatoms. The summed E-state index contributed by atoms with van der Waals surface area (Å²) in [7, 11) is 0. The van der Waals surface area contributed by atoms with E-state index in [0.29, 0.717) is 12.2 Å². The SMILES string of the molecule is O=C(Cc1ccsc1)N1CCC[C@@H]1c1nc2c(c(=O)[nH]1)CCN(CC1CCCCC1)C2. The molecule has 2 fully saturated rings. The number of thiophene rings is 1. The Morgan fingerprint density at radius 3 is 2.84 bits per heavy atom. The Bertz CT molecular complexity index is 964. The van der Waals surface area contributed by atoms with Gasteiger partial charge in [0.2, 0.25) is 5.91 Å². The Kier molecular flexibility index (Phi) is 6.23. The molecule has 5 rings (SSSR count). The second-order valence-corrected chi connectivity index (χ2v) is 10.2. The largest absolute Gasteiger partial charge is 0.332 e. The Hall–Kier alpha value is -1.99. The zero-order valence-corrected chi connectivity index (χ0v) is 19.0. The highest BCUT2D eigenvalue weighted by atomic mass is 32.1. The van der Waals surface area contributed by atoms with Crippen molar-refractivity contribution < 1.29 is 4.79 Å². The summed E-state index contributed by atoms with van der Waals surface area (Å²) in [6.07, 6.45) is 9.77. The van der Waals surface area contributed by atoms with Crippen molar-refractivity contribution in [3.05, 3.63) is 49.8 Å². The standard InChI is InChI=1S/C24H32N4O2S/c29-22(13-18-9-12-31-16-18)28-10-4-7-21(28)23-25-20-15-27(11-8-19(20)24(30)26-23)14-17-5-2-1-3-6-17/h9,12,16-17,21H,1-8,10-11,13-15H2,(H,25,26,30)/t21-/m1/s1. The van der Waals surface area contributed by atoms with Gasteiger partial charge < -0.3 is 9.88 Å². The lowest BCUT2D eigenvalue weighted by atomic mass is 9.88. The minimum absolute atomic E-state index is 0.00514. The van der Waals surface area contributed by atoms with Crippen LogP contribution in [0.25, 0.3) is 0 Å². The molecule has 6 nitrogen and oxygen atoms in total. The van der Waals surface area contributed by atoms with Crippen LogP contribution in [0.2, 0.25) is 0 Å². The fourth-order valence-corrected chi connectivity index (χ4v) is 6.25. The van der Waals surface area contributed by atoms with Gasteiger partial charge in [0.1, 0.15) is 5.82 Å². The van der Waals surface area contributed by atoms with Crippen LogP contribution in [0.1, 0.15) is 73.6 Å². The molecule has 1 aliphatic carbocycles. The van der Waals surface area contributed by atoms with E-state index in [9.17, 15) is 9.59 Å². The second kappa shape index (κ2) is 9.25. The molecule has 1 atom stereocenters. The lowest BCUT2D eigenvalue weighted by molar-refractivity contribution is -0.131. The molecule has 1 saturated carbocycles. The van der Waals surface area contributed by atoms with Gasteiger partial charge in [-0.15, -0.1) is 0 Å². The normalized spacial score (nSPS) is 22.6. The summed E-state index contributed by atoms with van der Waals surface area (Å²) in [6.45, 7) is 3.57. The molecule has 0 spiro atoms. The van der Waals surface area contributed by atoms with Crippen LogP contribution in [-0.4, -0.2) is 45.3 Å². The molecule has 0 unspecified atom stereocenters. The van der Waals surface area contributed by atoms with Crippen LogP contribution in [0, 0.1) is 5.92 Å². The van der Waals surface area contributed by atoms with E-state index in [1.54, 1.807) is 11.3 Å². The molecular formula is C24H32N4O2S. The smallest absolute Gasteiger partial charge is 0.254 e. The van der Waals surface area contributed by atoms with Crippen LogP contribution in [0.5, 0.6) is 0 Å². The highest BCUT2D eigenvalue weighted by Crippen LogP contribution is 2.31. The molecule has 0 bridgehead atoms. The molecule has 1 N–H and O–H groups in total. The number of aromatic amines is 1. The van der Waals surface area contributed by atoms with Gasteiger partial charge in [0.25, 0.3) is 5.56 Å². The first kappa shape index (κ1) is 20.9. The zero-order valence-electron chi connectivity index (χ0n) is 18.1. The van der Waals surface area contributed by atoms with E-state index in [-0.39, 0.29) is 17.5 Å². The first-order valence-corrected chi connectivity index (χ1v) is 12.8. The van der Waals surface area contributed by atoms with Crippen molar-refractivity contribution >= 4 is 17.2 Å². The maximum Gasteiger partial charge on any atom is 0.254 e. The number of rotatable bonds is 5. The van der Waals surface area contributed by atoms with Gasteiger partial charge >= 0.3 is 0 Å². The fourth-order valence-electron chi connectivity index (χ4n) is 5.58. The molecule has 2 aliphatic heterocycles. The number of nitrogens with zero attached hydrogens (tertiary/aromatic N) is 3. The molecule has 3 aliphatic rings. The topological polar surface area (TPSA) is 69.3 Å². The molecule has 0 radical (unpaired) electrons. The molecule has 0 aromatic carbocycles. The van der Waals surface area contributed by atoms with Crippen LogP contribution in [-0.2, 0) is 24.2 Å². The lowest BCUT2D eigenvalue weighted by Gasteiger charge is -2.33. The predicted molar refractivity (Wildman–Crippen MR) is 122 cm³/mol. The van der Waals surface area contributed by atoms with Gasteiger partial charge in [-0.25, -0.2) is 4.98 Å². The summed E-state index contributed by atoms with van der Waals surface area (Å²) in [5.74, 6) is 1.59. The summed E-state index contributed by atoms with van der Waals surface area (Å²) < 4.78 is 0. The average Bonchev–Trinajstić information content (AvgIpc) is 3.46. The Labute approximate surface area is 187 Å². The first-order chi connectivity index (χ1) is 15.2. The summed E-state index contributed by atoms with van der Waals surface area (Å²) >= 11 is 1.62. The van der Waals surface area contributed by atoms with E-state index < -0.39 is 0 Å². The van der Waals surface area contributed by atoms with E-state index in [1.807, 2.05) is 21.7 Å². The van der Waals surface area contributed by atoms with Gasteiger partial charge in [-0.2, -0.15) is 11.3 Å². The van der Waals surface area contributed by atoms with Gasteiger partial charge in [0.15, 0.2) is 0 Å².